The molecule has 0 radical (unpaired) electrons. The SMILES string of the molecule is COc1ccc(S(=O)(=O)N2CCN(c3ccc(C=O)cc3[N+](=O)[O-])CC2)c(OC)c1. The quantitative estimate of drug-likeness (QED) is 0.368. The van der Waals surface area contributed by atoms with E-state index in [0.717, 1.165) is 0 Å². The zero-order valence-electron chi connectivity index (χ0n) is 16.5. The number of nitrogens with zero attached hydrogens (tertiary/aromatic N) is 3. The van der Waals surface area contributed by atoms with Crippen LogP contribution in [-0.4, -0.2) is 64.3 Å². The summed E-state index contributed by atoms with van der Waals surface area (Å²) in [5.41, 5.74) is 0.371. The molecule has 0 unspecified atom stereocenters. The second kappa shape index (κ2) is 8.67. The number of nitro groups is 1. The molecule has 3 rings (SSSR count). The fraction of sp³-hybridized carbons (Fsp3) is 0.316. The van der Waals surface area contributed by atoms with Crippen molar-refractivity contribution in [3.8, 4) is 11.5 Å². The number of carbonyl (C=O) groups excluding carboxylic acids is 1. The lowest BCUT2D eigenvalue weighted by Gasteiger charge is -2.35. The molecular weight excluding hydrogens is 414 g/mol. The molecule has 10 nitrogen and oxygen atoms in total. The molecule has 0 bridgehead atoms. The number of benzene rings is 2. The average molecular weight is 435 g/mol. The van der Waals surface area contributed by atoms with Crippen LogP contribution in [0.15, 0.2) is 41.3 Å². The molecular formula is C19H21N3O7S. The van der Waals surface area contributed by atoms with Crippen LogP contribution in [0.3, 0.4) is 0 Å². The minimum absolute atomic E-state index is 0.0283. The molecule has 0 spiro atoms. The van der Waals surface area contributed by atoms with Gasteiger partial charge in [-0.1, -0.05) is 0 Å². The number of ether oxygens (including phenoxy) is 2. The minimum Gasteiger partial charge on any atom is -0.497 e. The van der Waals surface area contributed by atoms with Crippen molar-refractivity contribution in [1.82, 2.24) is 4.31 Å². The fourth-order valence-corrected chi connectivity index (χ4v) is 4.88. The van der Waals surface area contributed by atoms with E-state index in [1.54, 1.807) is 11.0 Å². The van der Waals surface area contributed by atoms with E-state index in [-0.39, 0.29) is 48.1 Å². The molecule has 1 heterocycles. The summed E-state index contributed by atoms with van der Waals surface area (Å²) in [6.45, 7) is 0.812. The summed E-state index contributed by atoms with van der Waals surface area (Å²) >= 11 is 0. The van der Waals surface area contributed by atoms with Crippen LogP contribution in [0.4, 0.5) is 11.4 Å². The monoisotopic (exact) mass is 435 g/mol. The molecule has 1 aliphatic rings. The van der Waals surface area contributed by atoms with Gasteiger partial charge in [-0.3, -0.25) is 14.9 Å². The van der Waals surface area contributed by atoms with Crippen LogP contribution >= 0.6 is 0 Å². The smallest absolute Gasteiger partial charge is 0.293 e. The third-order valence-electron chi connectivity index (χ3n) is 4.90. The predicted octanol–water partition coefficient (Wildman–Crippen LogP) is 1.94. The highest BCUT2D eigenvalue weighted by Crippen LogP contribution is 2.33. The average Bonchev–Trinajstić information content (AvgIpc) is 2.78. The first-order valence-electron chi connectivity index (χ1n) is 9.02. The van der Waals surface area contributed by atoms with Gasteiger partial charge in [-0.05, 0) is 24.3 Å². The Morgan fingerprint density at radius 3 is 2.30 bits per heavy atom. The summed E-state index contributed by atoms with van der Waals surface area (Å²) in [5, 5.41) is 11.4. The van der Waals surface area contributed by atoms with Crippen LogP contribution in [0.25, 0.3) is 0 Å². The highest BCUT2D eigenvalue weighted by atomic mass is 32.2. The molecule has 1 fully saturated rings. The summed E-state index contributed by atoms with van der Waals surface area (Å²) in [5.74, 6) is 0.651. The Kier molecular flexibility index (Phi) is 6.22. The first kappa shape index (κ1) is 21.5. The van der Waals surface area contributed by atoms with E-state index in [9.17, 15) is 23.3 Å². The van der Waals surface area contributed by atoms with Crippen molar-refractivity contribution in [2.75, 3.05) is 45.3 Å². The first-order chi connectivity index (χ1) is 14.3. The number of methoxy groups -OCH3 is 2. The van der Waals surface area contributed by atoms with Crippen LogP contribution in [0, 0.1) is 10.1 Å². The Morgan fingerprint density at radius 1 is 1.03 bits per heavy atom. The van der Waals surface area contributed by atoms with Crippen LogP contribution in [0.1, 0.15) is 10.4 Å². The number of anilines is 1. The van der Waals surface area contributed by atoms with Crippen LogP contribution in [0.5, 0.6) is 11.5 Å². The normalized spacial score (nSPS) is 14.9. The number of aldehydes is 1. The van der Waals surface area contributed by atoms with Crippen LogP contribution < -0.4 is 14.4 Å². The molecule has 0 amide bonds. The molecule has 0 aromatic heterocycles. The third-order valence-corrected chi connectivity index (χ3v) is 6.84. The maximum absolute atomic E-state index is 13.1. The Balaban J connectivity index is 1.82. The number of sulfonamides is 1. The zero-order chi connectivity index (χ0) is 21.9. The van der Waals surface area contributed by atoms with Gasteiger partial charge in [-0.15, -0.1) is 0 Å². The van der Waals surface area contributed by atoms with Crippen molar-refractivity contribution < 1.29 is 27.6 Å². The van der Waals surface area contributed by atoms with Gasteiger partial charge in [0, 0.05) is 43.9 Å². The molecule has 0 atom stereocenters. The molecule has 2 aromatic rings. The van der Waals surface area contributed by atoms with Gasteiger partial charge in [-0.25, -0.2) is 8.42 Å². The highest BCUT2D eigenvalue weighted by molar-refractivity contribution is 7.89. The molecule has 1 saturated heterocycles. The Hall–Kier alpha value is -3.18. The van der Waals surface area contributed by atoms with Gasteiger partial charge >= 0.3 is 0 Å². The fourth-order valence-electron chi connectivity index (χ4n) is 3.32. The second-order valence-corrected chi connectivity index (χ2v) is 8.44. The lowest BCUT2D eigenvalue weighted by atomic mass is 10.1. The van der Waals surface area contributed by atoms with E-state index in [0.29, 0.717) is 17.7 Å². The zero-order valence-corrected chi connectivity index (χ0v) is 17.3. The van der Waals surface area contributed by atoms with Crippen molar-refractivity contribution in [1.29, 1.82) is 0 Å². The number of carbonyl (C=O) groups is 1. The number of nitro benzene ring substituents is 1. The lowest BCUT2D eigenvalue weighted by molar-refractivity contribution is -0.384. The third kappa shape index (κ3) is 4.07. The molecule has 30 heavy (non-hydrogen) atoms. The number of rotatable bonds is 7. The summed E-state index contributed by atoms with van der Waals surface area (Å²) in [7, 11) is -0.969. The van der Waals surface area contributed by atoms with E-state index in [1.807, 2.05) is 0 Å². The maximum Gasteiger partial charge on any atom is 0.293 e. The molecule has 0 N–H and O–H groups in total. The Labute approximate surface area is 173 Å². The van der Waals surface area contributed by atoms with Gasteiger partial charge < -0.3 is 14.4 Å². The van der Waals surface area contributed by atoms with E-state index >= 15 is 0 Å². The predicted molar refractivity (Wildman–Crippen MR) is 109 cm³/mol. The van der Waals surface area contributed by atoms with E-state index < -0.39 is 14.9 Å². The van der Waals surface area contributed by atoms with Crippen molar-refractivity contribution >= 4 is 27.7 Å². The highest BCUT2D eigenvalue weighted by Gasteiger charge is 2.32. The van der Waals surface area contributed by atoms with Gasteiger partial charge in [0.1, 0.15) is 28.4 Å². The maximum atomic E-state index is 13.1. The van der Waals surface area contributed by atoms with Gasteiger partial charge in [-0.2, -0.15) is 4.31 Å². The van der Waals surface area contributed by atoms with Gasteiger partial charge in [0.05, 0.1) is 19.1 Å². The van der Waals surface area contributed by atoms with Crippen molar-refractivity contribution in [3.63, 3.8) is 0 Å². The summed E-state index contributed by atoms with van der Waals surface area (Å²) in [6.07, 6.45) is 0.545. The summed E-state index contributed by atoms with van der Waals surface area (Å²) in [6, 6.07) is 8.71. The number of piperazine rings is 1. The molecule has 0 saturated carbocycles. The van der Waals surface area contributed by atoms with Crippen LogP contribution in [0.2, 0.25) is 0 Å². The standard InChI is InChI=1S/C19H21N3O7S/c1-28-15-4-6-19(18(12-15)29-2)30(26,27)21-9-7-20(8-10-21)16-5-3-14(13-23)11-17(16)22(24)25/h3-6,11-13H,7-10H2,1-2H3. The van der Waals surface area contributed by atoms with Gasteiger partial charge in [0.2, 0.25) is 10.0 Å². The molecule has 11 heteroatoms. The molecule has 1 aliphatic heterocycles. The van der Waals surface area contributed by atoms with Crippen molar-refractivity contribution in [2.45, 2.75) is 4.90 Å². The largest absolute Gasteiger partial charge is 0.497 e. The Morgan fingerprint density at radius 2 is 1.73 bits per heavy atom. The minimum atomic E-state index is -3.83. The first-order valence-corrected chi connectivity index (χ1v) is 10.5. The van der Waals surface area contributed by atoms with E-state index in [2.05, 4.69) is 0 Å². The molecule has 0 aliphatic carbocycles. The topological polar surface area (TPSA) is 119 Å². The summed E-state index contributed by atoms with van der Waals surface area (Å²) in [4.78, 5) is 23.5. The van der Waals surface area contributed by atoms with E-state index in [4.69, 9.17) is 9.47 Å². The number of hydrogen-bond donors (Lipinski definition) is 0. The van der Waals surface area contributed by atoms with Crippen LogP contribution in [-0.2, 0) is 10.0 Å². The molecule has 160 valence electrons. The lowest BCUT2D eigenvalue weighted by Crippen LogP contribution is -2.48. The molecule has 2 aromatic carbocycles. The van der Waals surface area contributed by atoms with Gasteiger partial charge in [0.15, 0.2) is 0 Å². The van der Waals surface area contributed by atoms with Crippen molar-refractivity contribution in [3.05, 3.63) is 52.1 Å². The second-order valence-electron chi connectivity index (χ2n) is 6.53. The summed E-state index contributed by atoms with van der Waals surface area (Å²) < 4.78 is 37.9. The van der Waals surface area contributed by atoms with E-state index in [1.165, 1.54) is 48.9 Å². The van der Waals surface area contributed by atoms with Gasteiger partial charge in [0.25, 0.3) is 5.69 Å². The number of hydrogen-bond acceptors (Lipinski definition) is 8. The van der Waals surface area contributed by atoms with Crippen molar-refractivity contribution in [2.24, 2.45) is 0 Å². The Bertz CT molecular complexity index is 1060.